The van der Waals surface area contributed by atoms with Crippen LogP contribution in [0.2, 0.25) is 0 Å². The first-order valence-electron chi connectivity index (χ1n) is 7.51. The van der Waals surface area contributed by atoms with Crippen LogP contribution in [0.25, 0.3) is 0 Å². The summed E-state index contributed by atoms with van der Waals surface area (Å²) >= 11 is 0. The van der Waals surface area contributed by atoms with E-state index in [0.717, 1.165) is 24.5 Å². The highest BCUT2D eigenvalue weighted by atomic mass is 19.2. The second kappa shape index (κ2) is 5.98. The molecule has 1 aliphatic carbocycles. The van der Waals surface area contributed by atoms with E-state index in [-0.39, 0.29) is 12.1 Å². The van der Waals surface area contributed by atoms with E-state index in [9.17, 15) is 18.3 Å². The Morgan fingerprint density at radius 3 is 2.39 bits per heavy atom. The van der Waals surface area contributed by atoms with Crippen molar-refractivity contribution < 1.29 is 18.3 Å². The molecule has 0 radical (unpaired) electrons. The van der Waals surface area contributed by atoms with E-state index in [1.54, 1.807) is 7.05 Å². The second-order valence-electron chi connectivity index (χ2n) is 6.17. The molecule has 0 bridgehead atoms. The van der Waals surface area contributed by atoms with E-state index in [1.807, 2.05) is 30.3 Å². The van der Waals surface area contributed by atoms with Crippen LogP contribution < -0.4 is 0 Å². The summed E-state index contributed by atoms with van der Waals surface area (Å²) in [5, 5.41) is 10.7. The van der Waals surface area contributed by atoms with Crippen LogP contribution in [-0.2, 0) is 12.0 Å². The van der Waals surface area contributed by atoms with Gasteiger partial charge >= 0.3 is 0 Å². The van der Waals surface area contributed by atoms with Crippen LogP contribution in [0.3, 0.4) is 0 Å². The van der Waals surface area contributed by atoms with Crippen LogP contribution >= 0.6 is 0 Å². The van der Waals surface area contributed by atoms with E-state index < -0.39 is 29.1 Å². The number of halogens is 3. The van der Waals surface area contributed by atoms with Crippen molar-refractivity contribution in [2.75, 3.05) is 7.05 Å². The number of benzene rings is 2. The minimum absolute atomic E-state index is 0.0732. The van der Waals surface area contributed by atoms with Crippen LogP contribution in [0.4, 0.5) is 13.2 Å². The zero-order valence-corrected chi connectivity index (χ0v) is 12.8. The highest BCUT2D eigenvalue weighted by Crippen LogP contribution is 2.51. The Bertz CT molecular complexity index is 701. The normalized spacial score (nSPS) is 17.3. The zero-order chi connectivity index (χ0) is 16.6. The lowest BCUT2D eigenvalue weighted by molar-refractivity contribution is -0.0150. The van der Waals surface area contributed by atoms with Crippen LogP contribution in [0.1, 0.15) is 24.0 Å². The van der Waals surface area contributed by atoms with Gasteiger partial charge < -0.3 is 5.11 Å². The predicted octanol–water partition coefficient (Wildman–Crippen LogP) is 3.59. The van der Waals surface area contributed by atoms with Gasteiger partial charge in [0.05, 0.1) is 0 Å². The molecule has 1 fully saturated rings. The van der Waals surface area contributed by atoms with Crippen molar-refractivity contribution in [3.05, 3.63) is 71.0 Å². The fourth-order valence-electron chi connectivity index (χ4n) is 3.10. The highest BCUT2D eigenvalue weighted by molar-refractivity contribution is 5.33. The molecule has 2 aromatic carbocycles. The first kappa shape index (κ1) is 16.0. The monoisotopic (exact) mass is 321 g/mol. The van der Waals surface area contributed by atoms with E-state index in [4.69, 9.17) is 0 Å². The van der Waals surface area contributed by atoms with Gasteiger partial charge in [0.1, 0.15) is 12.0 Å². The van der Waals surface area contributed by atoms with Crippen molar-refractivity contribution in [2.24, 2.45) is 0 Å². The van der Waals surface area contributed by atoms with Crippen molar-refractivity contribution in [2.45, 2.75) is 31.0 Å². The molecule has 5 heteroatoms. The molecule has 0 aliphatic heterocycles. The van der Waals surface area contributed by atoms with E-state index in [2.05, 4.69) is 0 Å². The number of hydrogen-bond donors (Lipinski definition) is 1. The number of hydrogen-bond acceptors (Lipinski definition) is 2. The predicted molar refractivity (Wildman–Crippen MR) is 81.1 cm³/mol. The molecule has 1 N–H and O–H groups in total. The summed E-state index contributed by atoms with van der Waals surface area (Å²) < 4.78 is 40.4. The molecular formula is C18H18F3NO. The van der Waals surface area contributed by atoms with Gasteiger partial charge in [0, 0.05) is 23.6 Å². The van der Waals surface area contributed by atoms with Crippen molar-refractivity contribution in [3.63, 3.8) is 0 Å². The number of likely N-dealkylation sites (N-methyl/N-ethyl adjacent to an activating group) is 1. The van der Waals surface area contributed by atoms with E-state index in [0.29, 0.717) is 6.07 Å². The van der Waals surface area contributed by atoms with Crippen molar-refractivity contribution in [1.82, 2.24) is 4.90 Å². The van der Waals surface area contributed by atoms with Gasteiger partial charge in [-0.25, -0.2) is 13.2 Å². The van der Waals surface area contributed by atoms with Gasteiger partial charge in [-0.15, -0.1) is 0 Å². The molecule has 0 spiro atoms. The SMILES string of the molecule is CN(Cc1cc(F)cc(F)c1F)C(O)C1(c2ccccc2)CC1. The summed E-state index contributed by atoms with van der Waals surface area (Å²) in [6.45, 7) is -0.0732. The van der Waals surface area contributed by atoms with Gasteiger partial charge in [-0.05, 0) is 31.5 Å². The first-order chi connectivity index (χ1) is 10.9. The molecule has 1 atom stereocenters. The van der Waals surface area contributed by atoms with Crippen LogP contribution in [0.5, 0.6) is 0 Å². The Kier molecular flexibility index (Phi) is 4.17. The van der Waals surface area contributed by atoms with Crippen LogP contribution in [0.15, 0.2) is 42.5 Å². The van der Waals surface area contributed by atoms with Crippen molar-refractivity contribution in [1.29, 1.82) is 0 Å². The number of rotatable bonds is 5. The first-order valence-corrected chi connectivity index (χ1v) is 7.51. The molecule has 23 heavy (non-hydrogen) atoms. The molecule has 1 unspecified atom stereocenters. The molecule has 0 heterocycles. The number of aliphatic hydroxyl groups excluding tert-OH is 1. The topological polar surface area (TPSA) is 23.5 Å². The maximum atomic E-state index is 13.8. The molecule has 0 amide bonds. The minimum atomic E-state index is -1.22. The van der Waals surface area contributed by atoms with Crippen LogP contribution in [-0.4, -0.2) is 23.3 Å². The average molecular weight is 321 g/mol. The molecule has 122 valence electrons. The Morgan fingerprint density at radius 2 is 1.78 bits per heavy atom. The summed E-state index contributed by atoms with van der Waals surface area (Å²) in [6, 6.07) is 11.1. The third kappa shape index (κ3) is 2.99. The lowest BCUT2D eigenvalue weighted by Gasteiger charge is -2.31. The smallest absolute Gasteiger partial charge is 0.163 e. The highest BCUT2D eigenvalue weighted by Gasteiger charge is 2.51. The van der Waals surface area contributed by atoms with Crippen molar-refractivity contribution in [3.8, 4) is 0 Å². The molecule has 0 saturated heterocycles. The van der Waals surface area contributed by atoms with Crippen molar-refractivity contribution >= 4 is 0 Å². The third-order valence-electron chi connectivity index (χ3n) is 4.54. The second-order valence-corrected chi connectivity index (χ2v) is 6.17. The Labute approximate surface area is 133 Å². The maximum Gasteiger partial charge on any atom is 0.163 e. The van der Waals surface area contributed by atoms with Gasteiger partial charge in [-0.1, -0.05) is 30.3 Å². The Morgan fingerprint density at radius 1 is 1.13 bits per heavy atom. The van der Waals surface area contributed by atoms with Gasteiger partial charge in [0.15, 0.2) is 11.6 Å². The summed E-state index contributed by atoms with van der Waals surface area (Å²) in [5.41, 5.74) is 0.524. The lowest BCUT2D eigenvalue weighted by Crippen LogP contribution is -2.41. The molecule has 0 aromatic heterocycles. The fraction of sp³-hybridized carbons (Fsp3) is 0.333. The largest absolute Gasteiger partial charge is 0.377 e. The quantitative estimate of drug-likeness (QED) is 0.672. The molecule has 1 aliphatic rings. The van der Waals surface area contributed by atoms with Crippen LogP contribution in [0, 0.1) is 17.5 Å². The molecule has 3 rings (SSSR count). The molecule has 2 aromatic rings. The molecule has 2 nitrogen and oxygen atoms in total. The van der Waals surface area contributed by atoms with Gasteiger partial charge in [-0.2, -0.15) is 0 Å². The summed E-state index contributed by atoms with van der Waals surface area (Å²) in [7, 11) is 1.62. The molecular weight excluding hydrogens is 303 g/mol. The number of aliphatic hydroxyl groups is 1. The van der Waals surface area contributed by atoms with E-state index >= 15 is 0 Å². The molecule has 1 saturated carbocycles. The van der Waals surface area contributed by atoms with Gasteiger partial charge in [0.2, 0.25) is 0 Å². The summed E-state index contributed by atoms with van der Waals surface area (Å²) in [6.07, 6.45) is 0.793. The lowest BCUT2D eigenvalue weighted by atomic mass is 9.93. The Balaban J connectivity index is 1.80. The summed E-state index contributed by atoms with van der Waals surface area (Å²) in [4.78, 5) is 1.53. The summed E-state index contributed by atoms with van der Waals surface area (Å²) in [5.74, 6) is -3.12. The Hall–Kier alpha value is -1.85. The van der Waals surface area contributed by atoms with E-state index in [1.165, 1.54) is 4.90 Å². The fourth-order valence-corrected chi connectivity index (χ4v) is 3.10. The zero-order valence-electron chi connectivity index (χ0n) is 12.8. The minimum Gasteiger partial charge on any atom is -0.377 e. The average Bonchev–Trinajstić information content (AvgIpc) is 3.34. The standard InChI is InChI=1S/C18H18F3NO/c1-22(11-12-9-14(19)10-15(20)16(12)21)17(23)18(7-8-18)13-5-3-2-4-6-13/h2-6,9-10,17,23H,7-8,11H2,1H3. The number of nitrogens with zero attached hydrogens (tertiary/aromatic N) is 1. The van der Waals surface area contributed by atoms with Gasteiger partial charge in [0.25, 0.3) is 0 Å². The maximum absolute atomic E-state index is 13.8. The third-order valence-corrected chi connectivity index (χ3v) is 4.54. The van der Waals surface area contributed by atoms with Gasteiger partial charge in [-0.3, -0.25) is 4.90 Å².